The molecule has 1 aliphatic carbocycles. The van der Waals surface area contributed by atoms with Crippen LogP contribution in [0, 0.1) is 11.8 Å². The first-order valence-electron chi connectivity index (χ1n) is 6.56. The van der Waals surface area contributed by atoms with Crippen LogP contribution in [0.4, 0.5) is 0 Å². The third kappa shape index (κ3) is 4.27. The second-order valence-electron chi connectivity index (χ2n) is 5.56. The van der Waals surface area contributed by atoms with Gasteiger partial charge >= 0.3 is 0 Å². The Bertz CT molecular complexity index is 198. The Kier molecular flexibility index (Phi) is 6.16. The lowest BCUT2D eigenvalue weighted by molar-refractivity contribution is 0.158. The molecule has 0 aliphatic heterocycles. The predicted molar refractivity (Wildman–Crippen MR) is 72.7 cm³/mol. The molecule has 1 fully saturated rings. The minimum atomic E-state index is -0.265. The Morgan fingerprint density at radius 1 is 1.44 bits per heavy atom. The molecule has 0 aromatic carbocycles. The molecule has 0 aromatic rings. The summed E-state index contributed by atoms with van der Waals surface area (Å²) in [5.41, 5.74) is 5.94. The molecule has 3 heteroatoms. The average Bonchev–Trinajstić information content (AvgIpc) is 2.60. The zero-order valence-electron chi connectivity index (χ0n) is 10.7. The van der Waals surface area contributed by atoms with E-state index in [9.17, 15) is 5.11 Å². The molecule has 96 valence electrons. The first-order valence-corrected chi connectivity index (χ1v) is 7.71. The van der Waals surface area contributed by atoms with Crippen molar-refractivity contribution in [2.24, 2.45) is 17.6 Å². The van der Waals surface area contributed by atoms with Crippen molar-refractivity contribution in [3.63, 3.8) is 0 Å². The van der Waals surface area contributed by atoms with Crippen LogP contribution in [0.15, 0.2) is 0 Å². The van der Waals surface area contributed by atoms with Gasteiger partial charge in [0.05, 0.1) is 6.61 Å². The van der Waals surface area contributed by atoms with E-state index in [1.54, 1.807) is 0 Å². The van der Waals surface area contributed by atoms with Crippen molar-refractivity contribution in [3.8, 4) is 0 Å². The zero-order chi connectivity index (χ0) is 12.0. The molecule has 0 radical (unpaired) electrons. The second-order valence-corrected chi connectivity index (χ2v) is 6.79. The monoisotopic (exact) mass is 245 g/mol. The Balaban J connectivity index is 2.13. The fourth-order valence-corrected chi connectivity index (χ4v) is 3.75. The molecular formula is C13H27NOS. The van der Waals surface area contributed by atoms with Gasteiger partial charge in [-0.25, -0.2) is 0 Å². The largest absolute Gasteiger partial charge is 0.394 e. The van der Waals surface area contributed by atoms with Crippen molar-refractivity contribution in [2.75, 3.05) is 18.1 Å². The summed E-state index contributed by atoms with van der Waals surface area (Å²) in [6.45, 7) is 4.71. The van der Waals surface area contributed by atoms with Gasteiger partial charge in [-0.3, -0.25) is 0 Å². The number of aliphatic hydroxyl groups excluding tert-OH is 1. The van der Waals surface area contributed by atoms with Crippen LogP contribution in [0.3, 0.4) is 0 Å². The fourth-order valence-electron chi connectivity index (χ4n) is 2.46. The summed E-state index contributed by atoms with van der Waals surface area (Å²) in [6, 6.07) is 0. The van der Waals surface area contributed by atoms with E-state index < -0.39 is 0 Å². The van der Waals surface area contributed by atoms with Gasteiger partial charge in [-0.1, -0.05) is 20.3 Å². The van der Waals surface area contributed by atoms with E-state index in [4.69, 9.17) is 5.73 Å². The lowest BCUT2D eigenvalue weighted by atomic mass is 9.87. The quantitative estimate of drug-likeness (QED) is 0.678. The van der Waals surface area contributed by atoms with Gasteiger partial charge in [0, 0.05) is 5.54 Å². The van der Waals surface area contributed by atoms with Crippen LogP contribution < -0.4 is 5.73 Å². The fraction of sp³-hybridized carbons (Fsp3) is 1.00. The van der Waals surface area contributed by atoms with Gasteiger partial charge in [0.15, 0.2) is 0 Å². The highest BCUT2D eigenvalue weighted by Crippen LogP contribution is 2.36. The molecule has 0 spiro atoms. The summed E-state index contributed by atoms with van der Waals surface area (Å²) in [5, 5.41) is 9.34. The average molecular weight is 245 g/mol. The van der Waals surface area contributed by atoms with E-state index in [-0.39, 0.29) is 12.1 Å². The molecule has 2 unspecified atom stereocenters. The van der Waals surface area contributed by atoms with Crippen molar-refractivity contribution in [1.82, 2.24) is 0 Å². The molecule has 1 rings (SSSR count). The van der Waals surface area contributed by atoms with Gasteiger partial charge in [0.1, 0.15) is 0 Å². The van der Waals surface area contributed by atoms with Crippen molar-refractivity contribution in [3.05, 3.63) is 0 Å². The maximum atomic E-state index is 9.34. The van der Waals surface area contributed by atoms with Crippen LogP contribution in [-0.4, -0.2) is 28.8 Å². The van der Waals surface area contributed by atoms with Gasteiger partial charge in [-0.2, -0.15) is 11.8 Å². The molecule has 16 heavy (non-hydrogen) atoms. The summed E-state index contributed by atoms with van der Waals surface area (Å²) in [7, 11) is 0. The normalized spacial score (nSPS) is 30.2. The molecule has 0 heterocycles. The summed E-state index contributed by atoms with van der Waals surface area (Å²) in [5.74, 6) is 3.83. The molecule has 0 amide bonds. The molecule has 1 saturated carbocycles. The van der Waals surface area contributed by atoms with Crippen molar-refractivity contribution in [1.29, 1.82) is 0 Å². The summed E-state index contributed by atoms with van der Waals surface area (Å²) >= 11 is 2.04. The van der Waals surface area contributed by atoms with Gasteiger partial charge in [-0.15, -0.1) is 0 Å². The highest BCUT2D eigenvalue weighted by atomic mass is 32.2. The maximum Gasteiger partial charge on any atom is 0.0613 e. The van der Waals surface area contributed by atoms with Gasteiger partial charge in [0.2, 0.25) is 0 Å². The number of nitrogens with two attached hydrogens (primary N) is 1. The third-order valence-electron chi connectivity index (χ3n) is 3.75. The minimum Gasteiger partial charge on any atom is -0.394 e. The van der Waals surface area contributed by atoms with Crippen molar-refractivity contribution in [2.45, 2.75) is 51.5 Å². The Morgan fingerprint density at radius 3 is 2.81 bits per heavy atom. The van der Waals surface area contributed by atoms with E-state index >= 15 is 0 Å². The lowest BCUT2D eigenvalue weighted by Gasteiger charge is -2.29. The number of hydrogen-bond donors (Lipinski definition) is 2. The van der Waals surface area contributed by atoms with E-state index in [2.05, 4.69) is 13.8 Å². The summed E-state index contributed by atoms with van der Waals surface area (Å²) < 4.78 is 0. The number of aliphatic hydroxyl groups is 1. The molecule has 1 aliphatic rings. The molecule has 0 aromatic heterocycles. The van der Waals surface area contributed by atoms with Gasteiger partial charge in [-0.05, 0) is 49.0 Å². The van der Waals surface area contributed by atoms with E-state index in [0.717, 1.165) is 12.3 Å². The molecule has 0 bridgehead atoms. The van der Waals surface area contributed by atoms with E-state index in [1.807, 2.05) is 11.8 Å². The van der Waals surface area contributed by atoms with Crippen molar-refractivity contribution >= 4 is 11.8 Å². The first-order chi connectivity index (χ1) is 7.58. The third-order valence-corrected chi connectivity index (χ3v) is 4.80. The SMILES string of the molecule is CC(C)CCSCCC1CCCC1(N)CO. The Morgan fingerprint density at radius 2 is 2.19 bits per heavy atom. The smallest absolute Gasteiger partial charge is 0.0613 e. The highest BCUT2D eigenvalue weighted by molar-refractivity contribution is 7.99. The first kappa shape index (κ1) is 14.3. The lowest BCUT2D eigenvalue weighted by Crippen LogP contribution is -2.47. The standard InChI is InChI=1S/C13H27NOS/c1-11(2)5-8-16-9-6-12-4-3-7-13(12,14)10-15/h11-12,15H,3-10,14H2,1-2H3. The van der Waals surface area contributed by atoms with Crippen LogP contribution in [0.2, 0.25) is 0 Å². The second kappa shape index (κ2) is 6.87. The van der Waals surface area contributed by atoms with Crippen LogP contribution in [-0.2, 0) is 0 Å². The van der Waals surface area contributed by atoms with E-state index in [1.165, 1.54) is 37.2 Å². The van der Waals surface area contributed by atoms with Crippen LogP contribution in [0.5, 0.6) is 0 Å². The topological polar surface area (TPSA) is 46.2 Å². The maximum absolute atomic E-state index is 9.34. The Labute approximate surface area is 104 Å². The molecule has 0 saturated heterocycles. The van der Waals surface area contributed by atoms with E-state index in [0.29, 0.717) is 5.92 Å². The number of thioether (sulfide) groups is 1. The van der Waals surface area contributed by atoms with Crippen molar-refractivity contribution < 1.29 is 5.11 Å². The predicted octanol–water partition coefficient (Wildman–Crippen LogP) is 2.65. The van der Waals surface area contributed by atoms with Crippen LogP contribution in [0.25, 0.3) is 0 Å². The molecule has 2 nitrogen and oxygen atoms in total. The Hall–Kier alpha value is 0.270. The van der Waals surface area contributed by atoms with Gasteiger partial charge < -0.3 is 10.8 Å². The van der Waals surface area contributed by atoms with Crippen LogP contribution in [0.1, 0.15) is 46.0 Å². The highest BCUT2D eigenvalue weighted by Gasteiger charge is 2.38. The summed E-state index contributed by atoms with van der Waals surface area (Å²) in [6.07, 6.45) is 5.90. The van der Waals surface area contributed by atoms with Gasteiger partial charge in [0.25, 0.3) is 0 Å². The minimum absolute atomic E-state index is 0.161. The van der Waals surface area contributed by atoms with Crippen LogP contribution >= 0.6 is 11.8 Å². The molecule has 3 N–H and O–H groups in total. The number of rotatable bonds is 7. The zero-order valence-corrected chi connectivity index (χ0v) is 11.6. The molecular weight excluding hydrogens is 218 g/mol. The molecule has 2 atom stereocenters. The number of hydrogen-bond acceptors (Lipinski definition) is 3. The summed E-state index contributed by atoms with van der Waals surface area (Å²) in [4.78, 5) is 0.